The number of hydrogen-bond donors (Lipinski definition) is 1. The number of nitrogens with zero attached hydrogens (tertiary/aromatic N) is 1. The molecule has 1 aromatic carbocycles. The Morgan fingerprint density at radius 1 is 1.53 bits per heavy atom. The Morgan fingerprint density at radius 2 is 2.33 bits per heavy atom. The van der Waals surface area contributed by atoms with Gasteiger partial charge in [-0.2, -0.15) is 0 Å². The number of benzene rings is 1. The SMILES string of the molecule is FCCN1CNSc2cc(F)c(Cl)cc21. The van der Waals surface area contributed by atoms with Crippen molar-refractivity contribution >= 4 is 29.2 Å². The molecule has 0 saturated heterocycles. The summed E-state index contributed by atoms with van der Waals surface area (Å²) in [6.45, 7) is 0.368. The van der Waals surface area contributed by atoms with Crippen molar-refractivity contribution in [3.63, 3.8) is 0 Å². The van der Waals surface area contributed by atoms with Crippen LogP contribution < -0.4 is 9.62 Å². The van der Waals surface area contributed by atoms with Crippen molar-refractivity contribution in [2.45, 2.75) is 4.90 Å². The average molecular weight is 251 g/mol. The topological polar surface area (TPSA) is 15.3 Å². The molecule has 0 aliphatic carbocycles. The smallest absolute Gasteiger partial charge is 0.143 e. The third kappa shape index (κ3) is 2.19. The third-order valence-corrected chi connectivity index (χ3v) is 3.24. The molecular formula is C9H9ClF2N2S. The van der Waals surface area contributed by atoms with Crippen molar-refractivity contribution in [3.8, 4) is 0 Å². The molecular weight excluding hydrogens is 242 g/mol. The average Bonchev–Trinajstić information content (AvgIpc) is 2.21. The summed E-state index contributed by atoms with van der Waals surface area (Å²) in [6.07, 6.45) is 0. The van der Waals surface area contributed by atoms with Gasteiger partial charge in [0.1, 0.15) is 12.5 Å². The van der Waals surface area contributed by atoms with Crippen molar-refractivity contribution in [3.05, 3.63) is 23.0 Å². The zero-order valence-corrected chi connectivity index (χ0v) is 9.34. The Morgan fingerprint density at radius 3 is 3.07 bits per heavy atom. The Hall–Kier alpha value is -0.520. The fourth-order valence-corrected chi connectivity index (χ4v) is 2.41. The lowest BCUT2D eigenvalue weighted by molar-refractivity contribution is 0.488. The highest BCUT2D eigenvalue weighted by Crippen LogP contribution is 2.35. The lowest BCUT2D eigenvalue weighted by Crippen LogP contribution is -2.36. The number of halogens is 3. The molecule has 0 spiro atoms. The van der Waals surface area contributed by atoms with Gasteiger partial charge in [-0.1, -0.05) is 11.6 Å². The minimum absolute atomic E-state index is 0.0695. The first-order valence-electron chi connectivity index (χ1n) is 4.42. The standard InChI is InChI=1S/C9H9ClF2N2S/c10-6-3-8-9(4-7(6)12)15-13-5-14(8)2-1-11/h3-4,13H,1-2,5H2. The van der Waals surface area contributed by atoms with Crippen molar-refractivity contribution in [1.82, 2.24) is 4.72 Å². The van der Waals surface area contributed by atoms with Gasteiger partial charge < -0.3 is 4.90 Å². The second-order valence-corrected chi connectivity index (χ2v) is 4.43. The van der Waals surface area contributed by atoms with E-state index in [2.05, 4.69) is 4.72 Å². The second-order valence-electron chi connectivity index (χ2n) is 3.09. The summed E-state index contributed by atoms with van der Waals surface area (Å²) in [5, 5.41) is 0.0695. The van der Waals surface area contributed by atoms with Gasteiger partial charge in [0.25, 0.3) is 0 Å². The number of nitrogens with one attached hydrogen (secondary N) is 1. The number of hydrogen-bond acceptors (Lipinski definition) is 3. The van der Waals surface area contributed by atoms with Crippen molar-refractivity contribution in [2.75, 3.05) is 24.8 Å². The van der Waals surface area contributed by atoms with Gasteiger partial charge in [-0.25, -0.2) is 13.5 Å². The monoisotopic (exact) mass is 250 g/mol. The van der Waals surface area contributed by atoms with Crippen LogP contribution in [0.3, 0.4) is 0 Å². The van der Waals surface area contributed by atoms with E-state index in [4.69, 9.17) is 11.6 Å². The molecule has 6 heteroatoms. The van der Waals surface area contributed by atoms with Gasteiger partial charge in [0.05, 0.1) is 17.4 Å². The number of alkyl halides is 1. The van der Waals surface area contributed by atoms with Crippen LogP contribution in [-0.4, -0.2) is 19.9 Å². The van der Waals surface area contributed by atoms with Gasteiger partial charge in [0.15, 0.2) is 0 Å². The Balaban J connectivity index is 2.38. The Kier molecular flexibility index (Phi) is 3.33. The summed E-state index contributed by atoms with van der Waals surface area (Å²) in [6, 6.07) is 2.90. The van der Waals surface area contributed by atoms with E-state index in [1.54, 1.807) is 4.90 Å². The molecule has 15 heavy (non-hydrogen) atoms. The Bertz CT molecular complexity index is 375. The molecule has 0 saturated carbocycles. The fraction of sp³-hybridized carbons (Fsp3) is 0.333. The molecule has 0 amide bonds. The summed E-state index contributed by atoms with van der Waals surface area (Å²) in [7, 11) is 0. The molecule has 0 fully saturated rings. The van der Waals surface area contributed by atoms with Crippen LogP contribution in [0.25, 0.3) is 0 Å². The minimum Gasteiger partial charge on any atom is -0.354 e. The molecule has 1 aromatic rings. The number of fused-ring (bicyclic) bond motifs is 1. The zero-order chi connectivity index (χ0) is 10.8. The van der Waals surface area contributed by atoms with E-state index in [0.717, 1.165) is 10.6 Å². The lowest BCUT2D eigenvalue weighted by atomic mass is 10.3. The molecule has 0 unspecified atom stereocenters. The van der Waals surface area contributed by atoms with E-state index < -0.39 is 12.5 Å². The van der Waals surface area contributed by atoms with Gasteiger partial charge in [0.2, 0.25) is 0 Å². The fourth-order valence-electron chi connectivity index (χ4n) is 1.42. The minimum atomic E-state index is -0.452. The summed E-state index contributed by atoms with van der Waals surface area (Å²) >= 11 is 7.01. The normalized spacial score (nSPS) is 15.3. The molecule has 1 aliphatic rings. The second kappa shape index (κ2) is 4.55. The first-order valence-corrected chi connectivity index (χ1v) is 5.61. The quantitative estimate of drug-likeness (QED) is 0.813. The van der Waals surface area contributed by atoms with Crippen LogP contribution >= 0.6 is 23.5 Å². The molecule has 0 aromatic heterocycles. The molecule has 2 rings (SSSR count). The predicted molar refractivity (Wildman–Crippen MR) is 58.6 cm³/mol. The lowest BCUT2D eigenvalue weighted by Gasteiger charge is -2.30. The van der Waals surface area contributed by atoms with Crippen LogP contribution in [0, 0.1) is 5.82 Å². The maximum atomic E-state index is 13.2. The largest absolute Gasteiger partial charge is 0.354 e. The van der Waals surface area contributed by atoms with E-state index in [1.165, 1.54) is 24.1 Å². The van der Waals surface area contributed by atoms with Crippen molar-refractivity contribution < 1.29 is 8.78 Å². The summed E-state index contributed by atoms with van der Waals surface area (Å²) in [5.41, 5.74) is 0.780. The van der Waals surface area contributed by atoms with Crippen molar-refractivity contribution in [1.29, 1.82) is 0 Å². The first-order chi connectivity index (χ1) is 7.22. The number of rotatable bonds is 2. The van der Waals surface area contributed by atoms with Crippen LogP contribution in [-0.2, 0) is 0 Å². The van der Waals surface area contributed by atoms with Crippen LogP contribution in [0.1, 0.15) is 0 Å². The Labute approximate surface area is 95.7 Å². The van der Waals surface area contributed by atoms with E-state index in [9.17, 15) is 8.78 Å². The van der Waals surface area contributed by atoms with Crippen LogP contribution in [0.5, 0.6) is 0 Å². The van der Waals surface area contributed by atoms with Gasteiger partial charge in [-0.05, 0) is 24.1 Å². The maximum absolute atomic E-state index is 13.2. The molecule has 0 atom stereocenters. The molecule has 82 valence electrons. The zero-order valence-electron chi connectivity index (χ0n) is 7.77. The van der Waals surface area contributed by atoms with Gasteiger partial charge in [0, 0.05) is 11.4 Å². The predicted octanol–water partition coefficient (Wildman–Crippen LogP) is 2.82. The van der Waals surface area contributed by atoms with Crippen LogP contribution in [0.15, 0.2) is 17.0 Å². The first kappa shape index (κ1) is 11.0. The molecule has 1 N–H and O–H groups in total. The van der Waals surface area contributed by atoms with Gasteiger partial charge >= 0.3 is 0 Å². The van der Waals surface area contributed by atoms with Crippen LogP contribution in [0.2, 0.25) is 5.02 Å². The van der Waals surface area contributed by atoms with Gasteiger partial charge in [-0.3, -0.25) is 0 Å². The molecule has 0 bridgehead atoms. The van der Waals surface area contributed by atoms with E-state index >= 15 is 0 Å². The van der Waals surface area contributed by atoms with Crippen molar-refractivity contribution in [2.24, 2.45) is 0 Å². The molecule has 1 aliphatic heterocycles. The molecule has 1 heterocycles. The summed E-state index contributed by atoms with van der Waals surface area (Å²) in [5.74, 6) is -0.452. The molecule has 0 radical (unpaired) electrons. The van der Waals surface area contributed by atoms with Gasteiger partial charge in [-0.15, -0.1) is 0 Å². The third-order valence-electron chi connectivity index (χ3n) is 2.13. The van der Waals surface area contributed by atoms with E-state index in [0.29, 0.717) is 6.67 Å². The van der Waals surface area contributed by atoms with E-state index in [1.807, 2.05) is 0 Å². The number of anilines is 1. The van der Waals surface area contributed by atoms with Crippen LogP contribution in [0.4, 0.5) is 14.5 Å². The maximum Gasteiger partial charge on any atom is 0.143 e. The highest BCUT2D eigenvalue weighted by Gasteiger charge is 2.19. The highest BCUT2D eigenvalue weighted by atomic mass is 35.5. The summed E-state index contributed by atoms with van der Waals surface area (Å²) in [4.78, 5) is 2.52. The highest BCUT2D eigenvalue weighted by molar-refractivity contribution is 7.97. The molecule has 2 nitrogen and oxygen atoms in total. The summed E-state index contributed by atoms with van der Waals surface area (Å²) < 4.78 is 28.4. The van der Waals surface area contributed by atoms with E-state index in [-0.39, 0.29) is 11.6 Å².